The quantitative estimate of drug-likeness (QED) is 0.182. The van der Waals surface area contributed by atoms with E-state index in [-0.39, 0.29) is 12.5 Å². The molecule has 0 saturated heterocycles. The summed E-state index contributed by atoms with van der Waals surface area (Å²) in [6, 6.07) is 23.1. The summed E-state index contributed by atoms with van der Waals surface area (Å²) in [6.45, 7) is 5.46. The van der Waals surface area contributed by atoms with Gasteiger partial charge in [-0.25, -0.2) is 10.4 Å². The minimum Gasteiger partial charge on any atom is -0.494 e. The molecule has 9 heteroatoms. The van der Waals surface area contributed by atoms with Crippen molar-refractivity contribution >= 4 is 27.7 Å². The van der Waals surface area contributed by atoms with Gasteiger partial charge >= 0.3 is 0 Å². The van der Waals surface area contributed by atoms with Crippen LogP contribution in [-0.2, 0) is 22.4 Å². The van der Waals surface area contributed by atoms with E-state index in [4.69, 9.17) is 24.3 Å². The summed E-state index contributed by atoms with van der Waals surface area (Å²) < 4.78 is 18.5. The molecule has 1 heterocycles. The molecule has 0 spiro atoms. The van der Waals surface area contributed by atoms with Gasteiger partial charge in [0.1, 0.15) is 17.6 Å². The van der Waals surface area contributed by atoms with Gasteiger partial charge < -0.3 is 19.3 Å². The van der Waals surface area contributed by atoms with Crippen LogP contribution in [0.2, 0.25) is 0 Å². The molecule has 0 aromatic heterocycles. The highest BCUT2D eigenvalue weighted by atomic mass is 79.9. The Hall–Kier alpha value is -3.40. The highest BCUT2D eigenvalue weighted by Gasteiger charge is 2.50. The van der Waals surface area contributed by atoms with Crippen LogP contribution in [0.5, 0.6) is 11.5 Å². The largest absolute Gasteiger partial charge is 0.494 e. The number of nitrogens with zero attached hydrogens (tertiary/aromatic N) is 1. The van der Waals surface area contributed by atoms with E-state index in [0.717, 1.165) is 26.9 Å². The maximum atomic E-state index is 13.8. The molecule has 1 aliphatic rings. The van der Waals surface area contributed by atoms with Gasteiger partial charge in [0.05, 0.1) is 13.2 Å². The number of aliphatic imine (C=N–C) groups is 1. The van der Waals surface area contributed by atoms with E-state index in [1.54, 1.807) is 0 Å². The normalized spacial score (nSPS) is 18.1. The first-order chi connectivity index (χ1) is 19.5. The Labute approximate surface area is 243 Å². The number of amides is 1. The zero-order valence-electron chi connectivity index (χ0n) is 22.9. The fourth-order valence-corrected chi connectivity index (χ4v) is 4.96. The number of halogens is 1. The Morgan fingerprint density at radius 3 is 2.50 bits per heavy atom. The van der Waals surface area contributed by atoms with Gasteiger partial charge in [-0.3, -0.25) is 10.2 Å². The number of aliphatic hydroxyl groups excluding tert-OH is 1. The Balaban J connectivity index is 1.51. The van der Waals surface area contributed by atoms with Crippen molar-refractivity contribution in [3.05, 3.63) is 94.0 Å². The number of aliphatic hydroxyl groups is 1. The molecule has 4 rings (SSSR count). The summed E-state index contributed by atoms with van der Waals surface area (Å²) in [5.41, 5.74) is 7.57. The highest BCUT2D eigenvalue weighted by molar-refractivity contribution is 9.10. The second kappa shape index (κ2) is 14.3. The molecule has 3 aromatic rings. The first-order valence-corrected chi connectivity index (χ1v) is 14.3. The summed E-state index contributed by atoms with van der Waals surface area (Å²) >= 11 is 3.62. The SMILES string of the molecule is CCOc1ccccc1CCNNC(=O)[C@@]1(Cc2ccccc2Br)N=C(c2ccc(OCCCO)cc2)O[C@H]1C. The molecule has 3 aromatic carbocycles. The van der Waals surface area contributed by atoms with Gasteiger partial charge in [-0.2, -0.15) is 0 Å². The number of benzene rings is 3. The highest BCUT2D eigenvalue weighted by Crippen LogP contribution is 2.34. The van der Waals surface area contributed by atoms with E-state index in [9.17, 15) is 4.79 Å². The number of hydrogen-bond donors (Lipinski definition) is 3. The van der Waals surface area contributed by atoms with Crippen molar-refractivity contribution in [3.63, 3.8) is 0 Å². The molecule has 1 amide bonds. The number of hydrazine groups is 1. The maximum Gasteiger partial charge on any atom is 0.266 e. The molecule has 0 aliphatic carbocycles. The molecular weight excluding hydrogens is 574 g/mol. The third-order valence-corrected chi connectivity index (χ3v) is 7.51. The number of hydrogen-bond acceptors (Lipinski definition) is 7. The van der Waals surface area contributed by atoms with Crippen LogP contribution in [0.1, 0.15) is 37.0 Å². The van der Waals surface area contributed by atoms with Crippen molar-refractivity contribution in [1.82, 2.24) is 10.9 Å². The fourth-order valence-electron chi connectivity index (χ4n) is 4.53. The standard InChI is InChI=1S/C31H36BrN3O5/c1-3-38-28-12-7-5-9-23(28)17-18-33-35-30(37)31(21-25-10-4-6-11-27(25)32)22(2)40-29(34-31)24-13-15-26(16-14-24)39-20-8-19-36/h4-7,9-16,22,33,36H,3,8,17-21H2,1-2H3,(H,35,37)/t22-,31-/m0/s1. The molecule has 0 unspecified atom stereocenters. The fraction of sp³-hybridized carbons (Fsp3) is 0.355. The molecule has 0 radical (unpaired) electrons. The van der Waals surface area contributed by atoms with Crippen LogP contribution in [0.25, 0.3) is 0 Å². The third-order valence-electron chi connectivity index (χ3n) is 6.74. The van der Waals surface area contributed by atoms with Crippen LogP contribution >= 0.6 is 15.9 Å². The lowest BCUT2D eigenvalue weighted by molar-refractivity contribution is -0.129. The average Bonchev–Trinajstić information content (AvgIpc) is 3.30. The number of nitrogens with one attached hydrogen (secondary N) is 2. The van der Waals surface area contributed by atoms with Crippen molar-refractivity contribution < 1.29 is 24.1 Å². The van der Waals surface area contributed by atoms with E-state index in [0.29, 0.717) is 50.7 Å². The van der Waals surface area contributed by atoms with E-state index in [2.05, 4.69) is 26.8 Å². The van der Waals surface area contributed by atoms with Gasteiger partial charge in [0.25, 0.3) is 5.91 Å². The Kier molecular flexibility index (Phi) is 10.6. The zero-order chi connectivity index (χ0) is 28.4. The molecule has 40 heavy (non-hydrogen) atoms. The van der Waals surface area contributed by atoms with Gasteiger partial charge in [0.2, 0.25) is 5.90 Å². The third kappa shape index (κ3) is 7.21. The van der Waals surface area contributed by atoms with Crippen LogP contribution in [0, 0.1) is 0 Å². The Morgan fingerprint density at radius 2 is 1.77 bits per heavy atom. The number of carbonyl (C=O) groups excluding carboxylic acids is 1. The van der Waals surface area contributed by atoms with Gasteiger partial charge in [-0.05, 0) is 67.8 Å². The molecule has 0 bridgehead atoms. The topological polar surface area (TPSA) is 101 Å². The monoisotopic (exact) mass is 609 g/mol. The molecule has 1 aliphatic heterocycles. The lowest BCUT2D eigenvalue weighted by Gasteiger charge is -2.28. The lowest BCUT2D eigenvalue weighted by Crippen LogP contribution is -2.56. The number of ether oxygens (including phenoxy) is 3. The lowest BCUT2D eigenvalue weighted by atomic mass is 9.86. The van der Waals surface area contributed by atoms with Crippen molar-refractivity contribution in [1.29, 1.82) is 0 Å². The van der Waals surface area contributed by atoms with Crippen LogP contribution in [0.4, 0.5) is 0 Å². The number of para-hydroxylation sites is 1. The second-order valence-electron chi connectivity index (χ2n) is 9.49. The smallest absolute Gasteiger partial charge is 0.266 e. The molecule has 0 fully saturated rings. The summed E-state index contributed by atoms with van der Waals surface area (Å²) in [7, 11) is 0. The van der Waals surface area contributed by atoms with E-state index >= 15 is 0 Å². The summed E-state index contributed by atoms with van der Waals surface area (Å²) in [6.07, 6.45) is 1.08. The predicted octanol–water partition coefficient (Wildman–Crippen LogP) is 4.62. The Bertz CT molecular complexity index is 1300. The zero-order valence-corrected chi connectivity index (χ0v) is 24.4. The minimum absolute atomic E-state index is 0.0811. The van der Waals surface area contributed by atoms with Crippen molar-refractivity contribution in [3.8, 4) is 11.5 Å². The van der Waals surface area contributed by atoms with Crippen molar-refractivity contribution in [2.75, 3.05) is 26.4 Å². The van der Waals surface area contributed by atoms with Gasteiger partial charge in [-0.15, -0.1) is 0 Å². The summed E-state index contributed by atoms with van der Waals surface area (Å²) in [5.74, 6) is 1.67. The number of carbonyl (C=O) groups is 1. The number of rotatable bonds is 14. The first kappa shape index (κ1) is 29.6. The molecule has 0 saturated carbocycles. The predicted molar refractivity (Wildman–Crippen MR) is 159 cm³/mol. The van der Waals surface area contributed by atoms with Crippen molar-refractivity contribution in [2.45, 2.75) is 44.8 Å². The van der Waals surface area contributed by atoms with Gasteiger partial charge in [0.15, 0.2) is 5.54 Å². The van der Waals surface area contributed by atoms with E-state index in [1.165, 1.54) is 0 Å². The second-order valence-corrected chi connectivity index (χ2v) is 10.3. The van der Waals surface area contributed by atoms with Crippen LogP contribution in [0.15, 0.2) is 82.3 Å². The summed E-state index contributed by atoms with van der Waals surface area (Å²) in [4.78, 5) is 18.7. The molecule has 2 atom stereocenters. The van der Waals surface area contributed by atoms with Crippen LogP contribution < -0.4 is 20.3 Å². The maximum absolute atomic E-state index is 13.8. The molecule has 3 N–H and O–H groups in total. The van der Waals surface area contributed by atoms with Gasteiger partial charge in [0, 0.05) is 36.0 Å². The van der Waals surface area contributed by atoms with Gasteiger partial charge in [-0.1, -0.05) is 52.3 Å². The van der Waals surface area contributed by atoms with Crippen LogP contribution in [-0.4, -0.2) is 54.9 Å². The molecule has 8 nitrogen and oxygen atoms in total. The molecular formula is C31H36BrN3O5. The average molecular weight is 611 g/mol. The van der Waals surface area contributed by atoms with E-state index < -0.39 is 11.6 Å². The summed E-state index contributed by atoms with van der Waals surface area (Å²) in [5, 5.41) is 8.97. The van der Waals surface area contributed by atoms with E-state index in [1.807, 2.05) is 86.6 Å². The van der Waals surface area contributed by atoms with Crippen LogP contribution in [0.3, 0.4) is 0 Å². The molecule has 212 valence electrons. The van der Waals surface area contributed by atoms with Crippen molar-refractivity contribution in [2.24, 2.45) is 4.99 Å². The minimum atomic E-state index is -1.19. The first-order valence-electron chi connectivity index (χ1n) is 13.5. The Morgan fingerprint density at radius 1 is 1.05 bits per heavy atom.